The second-order valence-electron chi connectivity index (χ2n) is 8.10. The van der Waals surface area contributed by atoms with Crippen molar-refractivity contribution in [1.29, 1.82) is 0 Å². The van der Waals surface area contributed by atoms with Crippen LogP contribution in [0.25, 0.3) is 29.0 Å². The minimum absolute atomic E-state index is 0.208. The normalized spacial score (nSPS) is 13.9. The van der Waals surface area contributed by atoms with Crippen molar-refractivity contribution in [2.45, 2.75) is 27.2 Å². The number of hydrogen-bond acceptors (Lipinski definition) is 2. The summed E-state index contributed by atoms with van der Waals surface area (Å²) in [5.41, 5.74) is 7.57. The third-order valence-electron chi connectivity index (χ3n) is 5.94. The second-order valence-corrected chi connectivity index (χ2v) is 8.54. The Bertz CT molecular complexity index is 1240. The molecule has 0 radical (unpaired) electrons. The van der Waals surface area contributed by atoms with Gasteiger partial charge >= 0.3 is 0 Å². The summed E-state index contributed by atoms with van der Waals surface area (Å²) in [6.45, 7) is 15.2. The number of carbonyl (C=O) groups excluding carboxylic acids is 1. The van der Waals surface area contributed by atoms with Crippen LogP contribution in [-0.2, 0) is 0 Å². The van der Waals surface area contributed by atoms with Crippen LogP contribution in [0.3, 0.4) is 0 Å². The van der Waals surface area contributed by atoms with E-state index in [4.69, 9.17) is 22.1 Å². The molecule has 1 amide bonds. The number of amides is 1. The Morgan fingerprint density at radius 3 is 2.65 bits per heavy atom. The van der Waals surface area contributed by atoms with Crippen molar-refractivity contribution in [1.82, 2.24) is 4.98 Å². The van der Waals surface area contributed by atoms with Crippen LogP contribution in [0.1, 0.15) is 43.1 Å². The van der Waals surface area contributed by atoms with Crippen LogP contribution in [0, 0.1) is 11.8 Å². The molecule has 162 valence electrons. The molecule has 2 atom stereocenters. The van der Waals surface area contributed by atoms with Gasteiger partial charge in [0, 0.05) is 22.1 Å². The SMILES string of the molecule is C=C(COc1cc2ccc(Cl)cc2cc1C(N)=O)c1c[nH]/c(=C/C(C)C(C)CC)c1=C. The molecule has 0 saturated carbocycles. The molecule has 2 aromatic carbocycles. The third kappa shape index (κ3) is 5.02. The van der Waals surface area contributed by atoms with E-state index in [1.165, 1.54) is 0 Å². The number of H-pyrrole nitrogens is 1. The average molecular weight is 437 g/mol. The quantitative estimate of drug-likeness (QED) is 0.528. The first-order chi connectivity index (χ1) is 14.7. The molecule has 3 N–H and O–H groups in total. The number of carbonyl (C=O) groups is 1. The average Bonchev–Trinajstić information content (AvgIpc) is 3.10. The fourth-order valence-corrected chi connectivity index (χ4v) is 3.72. The van der Waals surface area contributed by atoms with Crippen LogP contribution in [-0.4, -0.2) is 17.5 Å². The number of rotatable bonds is 8. The van der Waals surface area contributed by atoms with Crippen molar-refractivity contribution >= 4 is 46.5 Å². The lowest BCUT2D eigenvalue weighted by molar-refractivity contribution is 0.0997. The van der Waals surface area contributed by atoms with E-state index in [-0.39, 0.29) is 6.61 Å². The van der Waals surface area contributed by atoms with Crippen molar-refractivity contribution in [3.05, 3.63) is 69.8 Å². The maximum atomic E-state index is 12.0. The summed E-state index contributed by atoms with van der Waals surface area (Å²) in [4.78, 5) is 15.3. The molecule has 0 saturated heterocycles. The summed E-state index contributed by atoms with van der Waals surface area (Å²) in [7, 11) is 0. The van der Waals surface area contributed by atoms with Crippen LogP contribution >= 0.6 is 11.6 Å². The molecule has 31 heavy (non-hydrogen) atoms. The fourth-order valence-electron chi connectivity index (χ4n) is 3.53. The van der Waals surface area contributed by atoms with Gasteiger partial charge in [-0.25, -0.2) is 0 Å². The monoisotopic (exact) mass is 436 g/mol. The molecule has 5 heteroatoms. The minimum Gasteiger partial charge on any atom is -0.488 e. The number of fused-ring (bicyclic) bond motifs is 1. The largest absolute Gasteiger partial charge is 0.488 e. The Hall–Kier alpha value is -2.98. The van der Waals surface area contributed by atoms with Gasteiger partial charge in [0.05, 0.1) is 5.56 Å². The Labute approximate surface area is 188 Å². The standard InChI is InChI=1S/C26H29ClN2O2/c1-6-15(2)16(3)9-24-18(5)23(13-29-24)17(4)14-31-25-12-19-7-8-21(27)10-20(19)11-22(25)26(28)30/h7-13,15-16,29H,4-6,14H2,1-3H3,(H2,28,30)/b24-9+. The van der Waals surface area contributed by atoms with E-state index in [1.54, 1.807) is 24.3 Å². The van der Waals surface area contributed by atoms with Gasteiger partial charge in [-0.2, -0.15) is 0 Å². The van der Waals surface area contributed by atoms with E-state index in [0.29, 0.717) is 28.2 Å². The minimum atomic E-state index is -0.558. The van der Waals surface area contributed by atoms with Crippen LogP contribution in [0.2, 0.25) is 5.02 Å². The van der Waals surface area contributed by atoms with E-state index < -0.39 is 5.91 Å². The molecule has 0 fully saturated rings. The summed E-state index contributed by atoms with van der Waals surface area (Å²) >= 11 is 6.06. The smallest absolute Gasteiger partial charge is 0.252 e. The second kappa shape index (κ2) is 9.44. The van der Waals surface area contributed by atoms with Gasteiger partial charge in [0.15, 0.2) is 0 Å². The third-order valence-corrected chi connectivity index (χ3v) is 6.18. The fraction of sp³-hybridized carbons (Fsp3) is 0.269. The Balaban J connectivity index is 1.84. The number of aromatic amines is 1. The molecule has 0 aliphatic heterocycles. The van der Waals surface area contributed by atoms with Crippen molar-refractivity contribution in [2.24, 2.45) is 17.6 Å². The van der Waals surface area contributed by atoms with E-state index in [1.807, 2.05) is 12.3 Å². The van der Waals surface area contributed by atoms with Crippen LogP contribution in [0.4, 0.5) is 0 Å². The number of primary amides is 1. The molecule has 0 spiro atoms. The van der Waals surface area contributed by atoms with Crippen LogP contribution < -0.4 is 21.0 Å². The zero-order valence-electron chi connectivity index (χ0n) is 18.3. The highest BCUT2D eigenvalue weighted by atomic mass is 35.5. The highest BCUT2D eigenvalue weighted by Crippen LogP contribution is 2.28. The highest BCUT2D eigenvalue weighted by Gasteiger charge is 2.14. The predicted octanol–water partition coefficient (Wildman–Crippen LogP) is 4.89. The number of hydrogen-bond donors (Lipinski definition) is 2. The molecule has 2 unspecified atom stereocenters. The van der Waals surface area contributed by atoms with Gasteiger partial charge in [-0.05, 0) is 57.7 Å². The molecule has 1 aromatic heterocycles. The van der Waals surface area contributed by atoms with Gasteiger partial charge in [-0.1, -0.05) is 64.1 Å². The van der Waals surface area contributed by atoms with Crippen molar-refractivity contribution in [2.75, 3.05) is 6.61 Å². The Kier molecular flexibility index (Phi) is 6.91. The van der Waals surface area contributed by atoms with Gasteiger partial charge in [-0.3, -0.25) is 4.79 Å². The number of ether oxygens (including phenoxy) is 1. The van der Waals surface area contributed by atoms with Gasteiger partial charge < -0.3 is 15.5 Å². The van der Waals surface area contributed by atoms with E-state index in [9.17, 15) is 4.79 Å². The van der Waals surface area contributed by atoms with Crippen molar-refractivity contribution in [3.63, 3.8) is 0 Å². The number of nitrogens with one attached hydrogen (secondary N) is 1. The summed E-state index contributed by atoms with van der Waals surface area (Å²) in [6, 6.07) is 8.97. The summed E-state index contributed by atoms with van der Waals surface area (Å²) in [5.74, 6) is 0.887. The number of halogens is 1. The Morgan fingerprint density at radius 1 is 1.23 bits per heavy atom. The lowest BCUT2D eigenvalue weighted by atomic mass is 9.93. The molecule has 3 rings (SSSR count). The molecule has 0 bridgehead atoms. The summed E-state index contributed by atoms with van der Waals surface area (Å²) in [5, 5.41) is 4.23. The maximum Gasteiger partial charge on any atom is 0.252 e. The molecule has 0 aliphatic rings. The topological polar surface area (TPSA) is 68.1 Å². The zero-order valence-corrected chi connectivity index (χ0v) is 19.1. The highest BCUT2D eigenvalue weighted by molar-refractivity contribution is 6.31. The molecular formula is C26H29ClN2O2. The molecule has 0 aliphatic carbocycles. The van der Waals surface area contributed by atoms with E-state index >= 15 is 0 Å². The summed E-state index contributed by atoms with van der Waals surface area (Å²) in [6.07, 6.45) is 5.24. The van der Waals surface area contributed by atoms with E-state index in [0.717, 1.165) is 38.9 Å². The van der Waals surface area contributed by atoms with Gasteiger partial charge in [0.25, 0.3) is 5.91 Å². The predicted molar refractivity (Wildman–Crippen MR) is 131 cm³/mol. The van der Waals surface area contributed by atoms with Crippen LogP contribution in [0.15, 0.2) is 43.1 Å². The van der Waals surface area contributed by atoms with Crippen molar-refractivity contribution in [3.8, 4) is 5.75 Å². The lowest BCUT2D eigenvalue weighted by Crippen LogP contribution is -2.25. The first-order valence-electron chi connectivity index (χ1n) is 10.4. The first-order valence-corrected chi connectivity index (χ1v) is 10.8. The van der Waals surface area contributed by atoms with Crippen molar-refractivity contribution < 1.29 is 9.53 Å². The molecular weight excluding hydrogens is 408 g/mol. The first kappa shape index (κ1) is 22.7. The molecule has 4 nitrogen and oxygen atoms in total. The van der Waals surface area contributed by atoms with E-state index in [2.05, 4.69) is 45.0 Å². The Morgan fingerprint density at radius 2 is 1.97 bits per heavy atom. The van der Waals surface area contributed by atoms with Gasteiger partial charge in [0.1, 0.15) is 12.4 Å². The number of aromatic nitrogens is 1. The van der Waals surface area contributed by atoms with Gasteiger partial charge in [0.2, 0.25) is 0 Å². The number of nitrogens with two attached hydrogens (primary N) is 1. The summed E-state index contributed by atoms with van der Waals surface area (Å²) < 4.78 is 5.97. The number of benzene rings is 2. The molecule has 1 heterocycles. The van der Waals surface area contributed by atoms with Crippen LogP contribution in [0.5, 0.6) is 5.75 Å². The zero-order chi connectivity index (χ0) is 22.7. The maximum absolute atomic E-state index is 12.0. The van der Waals surface area contributed by atoms with Gasteiger partial charge in [-0.15, -0.1) is 0 Å². The molecule has 3 aromatic rings. The lowest BCUT2D eigenvalue weighted by Gasteiger charge is -2.13.